The fraction of sp³-hybridized carbons (Fsp3) is 0.200. The molecule has 6 heteroatoms. The Bertz CT molecular complexity index is 427. The van der Waals surface area contributed by atoms with Gasteiger partial charge in [-0.05, 0) is 18.6 Å². The zero-order valence-corrected chi connectivity index (χ0v) is 8.35. The van der Waals surface area contributed by atoms with Crippen molar-refractivity contribution in [1.29, 1.82) is 5.41 Å². The Hall–Kier alpha value is -1.85. The predicted octanol–water partition coefficient (Wildman–Crippen LogP) is 2.49. The second kappa shape index (κ2) is 4.34. The fourth-order valence-electron chi connectivity index (χ4n) is 1.10. The second-order valence-corrected chi connectivity index (χ2v) is 3.19. The number of amides is 1. The molecule has 86 valence electrons. The van der Waals surface area contributed by atoms with E-state index in [0.29, 0.717) is 5.56 Å². The molecule has 1 amide bonds. The van der Waals surface area contributed by atoms with Crippen molar-refractivity contribution >= 4 is 17.8 Å². The third-order valence-corrected chi connectivity index (χ3v) is 1.87. The van der Waals surface area contributed by atoms with E-state index in [1.165, 1.54) is 12.1 Å². The zero-order chi connectivity index (χ0) is 12.3. The molecule has 0 spiro atoms. The summed E-state index contributed by atoms with van der Waals surface area (Å²) in [6, 6.07) is 4.49. The number of hydrogen-bond donors (Lipinski definition) is 2. The number of aryl methyl sites for hydroxylation is 1. The molecule has 0 aliphatic rings. The number of carbonyl (C=O) groups excluding carboxylic acids is 1. The maximum absolute atomic E-state index is 12.0. The number of hydrogen-bond acceptors (Lipinski definition) is 2. The third-order valence-electron chi connectivity index (χ3n) is 1.87. The topological polar surface area (TPSA) is 53.0 Å². The summed E-state index contributed by atoms with van der Waals surface area (Å²) in [7, 11) is 0. The Morgan fingerprint density at radius 1 is 1.44 bits per heavy atom. The Labute approximate surface area is 89.8 Å². The van der Waals surface area contributed by atoms with Gasteiger partial charge in [0.2, 0.25) is 0 Å². The van der Waals surface area contributed by atoms with Gasteiger partial charge in [-0.25, -0.2) is 0 Å². The molecule has 0 fully saturated rings. The number of anilines is 1. The van der Waals surface area contributed by atoms with E-state index in [-0.39, 0.29) is 11.3 Å². The molecule has 16 heavy (non-hydrogen) atoms. The van der Waals surface area contributed by atoms with E-state index in [1.54, 1.807) is 18.3 Å². The Morgan fingerprint density at radius 2 is 2.06 bits per heavy atom. The summed E-state index contributed by atoms with van der Waals surface area (Å²) < 4.78 is 36.0. The molecule has 0 unspecified atom stereocenters. The first kappa shape index (κ1) is 12.2. The molecule has 0 aliphatic carbocycles. The van der Waals surface area contributed by atoms with Gasteiger partial charge in [-0.2, -0.15) is 13.2 Å². The molecule has 1 aromatic rings. The van der Waals surface area contributed by atoms with E-state index in [4.69, 9.17) is 5.41 Å². The number of nitrogens with one attached hydrogen (secondary N) is 2. The summed E-state index contributed by atoms with van der Waals surface area (Å²) in [5.41, 5.74) is 0.906. The molecule has 1 rings (SSSR count). The van der Waals surface area contributed by atoms with Gasteiger partial charge in [0.25, 0.3) is 0 Å². The molecule has 1 aromatic carbocycles. The summed E-state index contributed by atoms with van der Waals surface area (Å²) in [6.45, 7) is 1.68. The minimum absolute atomic E-state index is 0.0164. The van der Waals surface area contributed by atoms with Crippen LogP contribution >= 0.6 is 0 Å². The normalized spacial score (nSPS) is 11.0. The lowest BCUT2D eigenvalue weighted by Gasteiger charge is -2.10. The molecule has 0 radical (unpaired) electrons. The number of halogens is 3. The number of carbonyl (C=O) groups is 1. The van der Waals surface area contributed by atoms with Gasteiger partial charge in [0, 0.05) is 11.8 Å². The molecule has 0 aromatic heterocycles. The van der Waals surface area contributed by atoms with E-state index in [0.717, 1.165) is 6.21 Å². The molecule has 0 aliphatic heterocycles. The van der Waals surface area contributed by atoms with Crippen LogP contribution in [0.5, 0.6) is 0 Å². The molecule has 0 saturated heterocycles. The summed E-state index contributed by atoms with van der Waals surface area (Å²) in [6.07, 6.45) is -4.05. The highest BCUT2D eigenvalue weighted by Gasteiger charge is 2.38. The lowest BCUT2D eigenvalue weighted by Crippen LogP contribution is -2.30. The Balaban J connectivity index is 3.00. The van der Waals surface area contributed by atoms with Gasteiger partial charge in [-0.1, -0.05) is 12.1 Å². The minimum atomic E-state index is -4.93. The predicted molar refractivity (Wildman–Crippen MR) is 53.7 cm³/mol. The van der Waals surface area contributed by atoms with Crippen LogP contribution in [0.25, 0.3) is 0 Å². The summed E-state index contributed by atoms with van der Waals surface area (Å²) >= 11 is 0. The smallest absolute Gasteiger partial charge is 0.318 e. The van der Waals surface area contributed by atoms with Gasteiger partial charge in [-0.3, -0.25) is 4.79 Å². The lowest BCUT2D eigenvalue weighted by atomic mass is 10.1. The zero-order valence-electron chi connectivity index (χ0n) is 8.35. The minimum Gasteiger partial charge on any atom is -0.318 e. The van der Waals surface area contributed by atoms with Crippen LogP contribution in [0.2, 0.25) is 0 Å². The van der Waals surface area contributed by atoms with Crippen LogP contribution in [0, 0.1) is 12.3 Å². The molecular weight excluding hydrogens is 221 g/mol. The quantitative estimate of drug-likeness (QED) is 0.753. The highest BCUT2D eigenvalue weighted by Crippen LogP contribution is 2.21. The van der Waals surface area contributed by atoms with Crippen molar-refractivity contribution in [1.82, 2.24) is 0 Å². The van der Waals surface area contributed by atoms with E-state index in [9.17, 15) is 18.0 Å². The van der Waals surface area contributed by atoms with Crippen LogP contribution < -0.4 is 5.32 Å². The molecule has 3 nitrogen and oxygen atoms in total. The van der Waals surface area contributed by atoms with Crippen molar-refractivity contribution in [3.63, 3.8) is 0 Å². The molecular formula is C10H9F3N2O. The Kier molecular flexibility index (Phi) is 3.31. The van der Waals surface area contributed by atoms with E-state index < -0.39 is 12.1 Å². The van der Waals surface area contributed by atoms with Crippen molar-refractivity contribution in [2.75, 3.05) is 5.32 Å². The van der Waals surface area contributed by atoms with Crippen LogP contribution in [0.15, 0.2) is 18.2 Å². The maximum Gasteiger partial charge on any atom is 0.471 e. The van der Waals surface area contributed by atoms with Gasteiger partial charge in [0.15, 0.2) is 0 Å². The molecule has 0 bridgehead atoms. The van der Waals surface area contributed by atoms with Gasteiger partial charge >= 0.3 is 12.1 Å². The average molecular weight is 230 g/mol. The van der Waals surface area contributed by atoms with E-state index in [1.807, 2.05) is 0 Å². The van der Waals surface area contributed by atoms with Gasteiger partial charge in [0.1, 0.15) is 0 Å². The third kappa shape index (κ3) is 2.82. The van der Waals surface area contributed by atoms with Crippen molar-refractivity contribution in [2.45, 2.75) is 13.1 Å². The van der Waals surface area contributed by atoms with Gasteiger partial charge < -0.3 is 10.7 Å². The largest absolute Gasteiger partial charge is 0.471 e. The summed E-state index contributed by atoms with van der Waals surface area (Å²) in [5.74, 6) is -2.04. The van der Waals surface area contributed by atoms with Crippen molar-refractivity contribution in [3.8, 4) is 0 Å². The van der Waals surface area contributed by atoms with Gasteiger partial charge in [-0.15, -0.1) is 0 Å². The van der Waals surface area contributed by atoms with Crippen LogP contribution in [0.4, 0.5) is 18.9 Å². The highest BCUT2D eigenvalue weighted by atomic mass is 19.4. The number of benzene rings is 1. The SMILES string of the molecule is Cc1ccc(C=N)c(NC(=O)C(F)(F)F)c1. The number of rotatable bonds is 2. The second-order valence-electron chi connectivity index (χ2n) is 3.19. The summed E-state index contributed by atoms with van der Waals surface area (Å²) in [5, 5.41) is 8.72. The van der Waals surface area contributed by atoms with Crippen LogP contribution in [-0.4, -0.2) is 18.3 Å². The first-order valence-corrected chi connectivity index (χ1v) is 4.34. The van der Waals surface area contributed by atoms with E-state index in [2.05, 4.69) is 0 Å². The lowest BCUT2D eigenvalue weighted by molar-refractivity contribution is -0.167. The monoisotopic (exact) mass is 230 g/mol. The molecule has 2 N–H and O–H groups in total. The van der Waals surface area contributed by atoms with Crippen molar-refractivity contribution in [2.24, 2.45) is 0 Å². The first-order valence-electron chi connectivity index (χ1n) is 4.34. The molecule has 0 heterocycles. The highest BCUT2D eigenvalue weighted by molar-refractivity contribution is 5.99. The number of alkyl halides is 3. The van der Waals surface area contributed by atoms with Crippen LogP contribution in [0.3, 0.4) is 0 Å². The molecule has 0 atom stereocenters. The van der Waals surface area contributed by atoms with E-state index >= 15 is 0 Å². The van der Waals surface area contributed by atoms with Crippen LogP contribution in [-0.2, 0) is 4.79 Å². The standard InChI is InChI=1S/C10H9F3N2O/c1-6-2-3-7(5-14)8(4-6)15-9(16)10(11,12)13/h2-5,14H,1H3,(H,15,16). The first-order chi connectivity index (χ1) is 7.34. The Morgan fingerprint density at radius 3 is 2.56 bits per heavy atom. The molecule has 0 saturated carbocycles. The van der Waals surface area contributed by atoms with Crippen molar-refractivity contribution in [3.05, 3.63) is 29.3 Å². The van der Waals surface area contributed by atoms with Crippen molar-refractivity contribution < 1.29 is 18.0 Å². The average Bonchev–Trinajstić information content (AvgIpc) is 2.16. The van der Waals surface area contributed by atoms with Gasteiger partial charge in [0.05, 0.1) is 5.69 Å². The fourth-order valence-corrected chi connectivity index (χ4v) is 1.10. The van der Waals surface area contributed by atoms with Crippen LogP contribution in [0.1, 0.15) is 11.1 Å². The maximum atomic E-state index is 12.0. The summed E-state index contributed by atoms with van der Waals surface area (Å²) in [4.78, 5) is 10.7.